The smallest absolute Gasteiger partial charge is 0.0894 e. The zero-order valence-electron chi connectivity index (χ0n) is 7.53. The SMILES string of the molecule is ON=C1CCOCc2ccc(Cl)cc21. The molecule has 4 heteroatoms. The summed E-state index contributed by atoms with van der Waals surface area (Å²) in [5.74, 6) is 0. The molecule has 1 aliphatic rings. The lowest BCUT2D eigenvalue weighted by atomic mass is 10.0. The molecule has 0 fully saturated rings. The molecule has 0 aromatic heterocycles. The van der Waals surface area contributed by atoms with E-state index in [1.807, 2.05) is 12.1 Å². The molecule has 1 N–H and O–H groups in total. The summed E-state index contributed by atoms with van der Waals surface area (Å²) in [6, 6.07) is 5.51. The van der Waals surface area contributed by atoms with Gasteiger partial charge in [-0.2, -0.15) is 0 Å². The van der Waals surface area contributed by atoms with E-state index in [-0.39, 0.29) is 0 Å². The number of hydrogen-bond acceptors (Lipinski definition) is 3. The maximum absolute atomic E-state index is 8.84. The second-order valence-corrected chi connectivity index (χ2v) is 3.59. The van der Waals surface area contributed by atoms with Crippen molar-refractivity contribution in [2.24, 2.45) is 5.16 Å². The Balaban J connectivity index is 2.51. The minimum absolute atomic E-state index is 0.547. The van der Waals surface area contributed by atoms with Crippen LogP contribution in [-0.4, -0.2) is 17.5 Å². The van der Waals surface area contributed by atoms with Crippen molar-refractivity contribution in [1.29, 1.82) is 0 Å². The van der Waals surface area contributed by atoms with Crippen molar-refractivity contribution in [3.05, 3.63) is 34.3 Å². The molecule has 1 heterocycles. The van der Waals surface area contributed by atoms with E-state index in [1.54, 1.807) is 6.07 Å². The molecule has 0 bridgehead atoms. The molecule has 1 aromatic carbocycles. The first-order valence-electron chi connectivity index (χ1n) is 4.39. The first kappa shape index (κ1) is 9.49. The maximum Gasteiger partial charge on any atom is 0.0894 e. The van der Waals surface area contributed by atoms with Crippen LogP contribution in [0.5, 0.6) is 0 Å². The van der Waals surface area contributed by atoms with Crippen molar-refractivity contribution in [3.8, 4) is 0 Å². The maximum atomic E-state index is 8.84. The molecule has 1 aromatic rings. The first-order valence-corrected chi connectivity index (χ1v) is 4.76. The third kappa shape index (κ3) is 1.74. The summed E-state index contributed by atoms with van der Waals surface area (Å²) in [5, 5.41) is 12.8. The largest absolute Gasteiger partial charge is 0.411 e. The fourth-order valence-electron chi connectivity index (χ4n) is 1.53. The summed E-state index contributed by atoms with van der Waals surface area (Å²) in [6.45, 7) is 1.12. The van der Waals surface area contributed by atoms with E-state index in [9.17, 15) is 0 Å². The van der Waals surface area contributed by atoms with Crippen molar-refractivity contribution in [1.82, 2.24) is 0 Å². The highest BCUT2D eigenvalue weighted by Crippen LogP contribution is 2.21. The highest BCUT2D eigenvalue weighted by molar-refractivity contribution is 6.31. The summed E-state index contributed by atoms with van der Waals surface area (Å²) in [5.41, 5.74) is 2.54. The van der Waals surface area contributed by atoms with Gasteiger partial charge in [0.15, 0.2) is 0 Å². The summed E-state index contributed by atoms with van der Waals surface area (Å²) in [6.07, 6.45) is 0.615. The molecule has 3 nitrogen and oxygen atoms in total. The van der Waals surface area contributed by atoms with Gasteiger partial charge in [0.2, 0.25) is 0 Å². The van der Waals surface area contributed by atoms with Gasteiger partial charge in [0.1, 0.15) is 0 Å². The number of hydrogen-bond donors (Lipinski definition) is 1. The first-order chi connectivity index (χ1) is 6.81. The summed E-state index contributed by atoms with van der Waals surface area (Å²) >= 11 is 5.87. The Morgan fingerprint density at radius 1 is 1.43 bits per heavy atom. The number of benzene rings is 1. The van der Waals surface area contributed by atoms with Gasteiger partial charge in [-0.05, 0) is 17.7 Å². The summed E-state index contributed by atoms with van der Waals surface area (Å²) in [4.78, 5) is 0. The molecule has 0 spiro atoms. The van der Waals surface area contributed by atoms with Crippen LogP contribution in [-0.2, 0) is 11.3 Å². The minimum atomic E-state index is 0.547. The van der Waals surface area contributed by atoms with Gasteiger partial charge in [-0.3, -0.25) is 0 Å². The Morgan fingerprint density at radius 3 is 3.07 bits per heavy atom. The number of oxime groups is 1. The Hall–Kier alpha value is -1.06. The second-order valence-electron chi connectivity index (χ2n) is 3.15. The lowest BCUT2D eigenvalue weighted by Gasteiger charge is -2.05. The van der Waals surface area contributed by atoms with Gasteiger partial charge in [-0.25, -0.2) is 0 Å². The van der Waals surface area contributed by atoms with Crippen LogP contribution in [0, 0.1) is 0 Å². The van der Waals surface area contributed by atoms with Gasteiger partial charge >= 0.3 is 0 Å². The molecule has 74 valence electrons. The van der Waals surface area contributed by atoms with Gasteiger partial charge in [0.05, 0.1) is 18.9 Å². The number of rotatable bonds is 0. The van der Waals surface area contributed by atoms with Crippen LogP contribution >= 0.6 is 11.6 Å². The molecule has 0 saturated carbocycles. The lowest BCUT2D eigenvalue weighted by Crippen LogP contribution is -2.03. The number of ether oxygens (including phenoxy) is 1. The van der Waals surface area contributed by atoms with Crippen LogP contribution in [0.15, 0.2) is 23.4 Å². The molecule has 0 aliphatic carbocycles. The van der Waals surface area contributed by atoms with Crippen molar-refractivity contribution in [3.63, 3.8) is 0 Å². The standard InChI is InChI=1S/C10H10ClNO2/c11-8-2-1-7-6-14-4-3-10(12-13)9(7)5-8/h1-2,5,13H,3-4,6H2. The molecule has 0 unspecified atom stereocenters. The average molecular weight is 212 g/mol. The molecule has 0 saturated heterocycles. The minimum Gasteiger partial charge on any atom is -0.411 e. The van der Waals surface area contributed by atoms with Crippen LogP contribution in [0.3, 0.4) is 0 Å². The Bertz CT molecular complexity index is 376. The third-order valence-corrected chi connectivity index (χ3v) is 2.48. The van der Waals surface area contributed by atoms with E-state index in [2.05, 4.69) is 5.16 Å². The van der Waals surface area contributed by atoms with Gasteiger partial charge < -0.3 is 9.94 Å². The van der Waals surface area contributed by atoms with E-state index < -0.39 is 0 Å². The number of fused-ring (bicyclic) bond motifs is 1. The van der Waals surface area contributed by atoms with E-state index in [0.717, 1.165) is 11.1 Å². The van der Waals surface area contributed by atoms with Gasteiger partial charge in [-0.1, -0.05) is 22.8 Å². The average Bonchev–Trinajstić information content (AvgIpc) is 2.39. The van der Waals surface area contributed by atoms with Crippen LogP contribution in [0.4, 0.5) is 0 Å². The predicted octanol–water partition coefficient (Wildman–Crippen LogP) is 2.44. The van der Waals surface area contributed by atoms with Gasteiger partial charge in [0.25, 0.3) is 0 Å². The number of nitrogens with zero attached hydrogens (tertiary/aromatic N) is 1. The summed E-state index contributed by atoms with van der Waals surface area (Å²) in [7, 11) is 0. The fourth-order valence-corrected chi connectivity index (χ4v) is 1.70. The molecular formula is C10H10ClNO2. The highest BCUT2D eigenvalue weighted by Gasteiger charge is 2.14. The molecule has 14 heavy (non-hydrogen) atoms. The topological polar surface area (TPSA) is 41.8 Å². The zero-order chi connectivity index (χ0) is 9.97. The highest BCUT2D eigenvalue weighted by atomic mass is 35.5. The van der Waals surface area contributed by atoms with Crippen LogP contribution in [0.2, 0.25) is 5.02 Å². The summed E-state index contributed by atoms with van der Waals surface area (Å²) < 4.78 is 5.36. The number of halogens is 1. The quantitative estimate of drug-likeness (QED) is 0.529. The van der Waals surface area contributed by atoms with Crippen molar-refractivity contribution < 1.29 is 9.94 Å². The van der Waals surface area contributed by atoms with E-state index in [0.29, 0.717) is 30.4 Å². The fraction of sp³-hybridized carbons (Fsp3) is 0.300. The molecule has 0 amide bonds. The molecular weight excluding hydrogens is 202 g/mol. The normalized spacial score (nSPS) is 19.1. The van der Waals surface area contributed by atoms with E-state index in [1.165, 1.54) is 0 Å². The third-order valence-electron chi connectivity index (χ3n) is 2.24. The van der Waals surface area contributed by atoms with Crippen LogP contribution in [0.1, 0.15) is 17.5 Å². The molecule has 2 rings (SSSR count). The second kappa shape index (κ2) is 3.98. The zero-order valence-corrected chi connectivity index (χ0v) is 8.29. The molecule has 0 atom stereocenters. The Morgan fingerprint density at radius 2 is 2.29 bits per heavy atom. The Labute approximate surface area is 86.9 Å². The van der Waals surface area contributed by atoms with E-state index >= 15 is 0 Å². The molecule has 1 aliphatic heterocycles. The van der Waals surface area contributed by atoms with Crippen molar-refractivity contribution >= 4 is 17.3 Å². The Kier molecular flexibility index (Phi) is 2.70. The van der Waals surface area contributed by atoms with E-state index in [4.69, 9.17) is 21.5 Å². The van der Waals surface area contributed by atoms with Crippen LogP contribution < -0.4 is 0 Å². The monoisotopic (exact) mass is 211 g/mol. The van der Waals surface area contributed by atoms with Gasteiger partial charge in [0, 0.05) is 17.0 Å². The van der Waals surface area contributed by atoms with Crippen LogP contribution in [0.25, 0.3) is 0 Å². The van der Waals surface area contributed by atoms with Gasteiger partial charge in [-0.15, -0.1) is 0 Å². The van der Waals surface area contributed by atoms with Crippen molar-refractivity contribution in [2.75, 3.05) is 6.61 Å². The van der Waals surface area contributed by atoms with Crippen molar-refractivity contribution in [2.45, 2.75) is 13.0 Å². The molecule has 0 radical (unpaired) electrons. The predicted molar refractivity (Wildman–Crippen MR) is 54.0 cm³/mol. The lowest BCUT2D eigenvalue weighted by molar-refractivity contribution is 0.130.